The number of nitrogens with zero attached hydrogens (tertiary/aromatic N) is 2. The number of H-pyrrole nitrogens is 1. The fourth-order valence-corrected chi connectivity index (χ4v) is 2.73. The zero-order valence-corrected chi connectivity index (χ0v) is 14.2. The summed E-state index contributed by atoms with van der Waals surface area (Å²) in [7, 11) is 0. The van der Waals surface area contributed by atoms with Crippen LogP contribution in [-0.4, -0.2) is 32.8 Å². The zero-order valence-electron chi connectivity index (χ0n) is 13.4. The van der Waals surface area contributed by atoms with Gasteiger partial charge in [-0.1, -0.05) is 20.8 Å². The molecule has 2 aromatic heterocycles. The van der Waals surface area contributed by atoms with Crippen molar-refractivity contribution in [2.24, 2.45) is 5.92 Å². The van der Waals surface area contributed by atoms with Crippen LogP contribution >= 0.6 is 11.3 Å². The van der Waals surface area contributed by atoms with E-state index in [1.54, 1.807) is 11.6 Å². The van der Waals surface area contributed by atoms with E-state index in [0.717, 1.165) is 5.69 Å². The van der Waals surface area contributed by atoms with Gasteiger partial charge in [-0.15, -0.1) is 11.3 Å². The molecule has 3 N–H and O–H groups in total. The van der Waals surface area contributed by atoms with Crippen LogP contribution in [0.15, 0.2) is 17.9 Å². The molecule has 1 atom stereocenters. The number of carbonyl (C=O) groups excluding carboxylic acids is 2. The third kappa shape index (κ3) is 4.62. The maximum absolute atomic E-state index is 12.4. The molecule has 1 unspecified atom stereocenters. The first-order valence-corrected chi connectivity index (χ1v) is 8.42. The van der Waals surface area contributed by atoms with Gasteiger partial charge in [0.2, 0.25) is 5.91 Å². The molecule has 7 nitrogen and oxygen atoms in total. The fraction of sp³-hybridized carbons (Fsp3) is 0.467. The SMILES string of the molecule is CCc1[nH]cnc1C(=O)NC(CC(C)C)C(=O)Nc1nccs1. The Morgan fingerprint density at radius 1 is 1.35 bits per heavy atom. The molecule has 0 saturated heterocycles. The number of imidazole rings is 1. The number of aromatic nitrogens is 3. The molecule has 0 fully saturated rings. The van der Waals surface area contributed by atoms with Gasteiger partial charge < -0.3 is 15.6 Å². The van der Waals surface area contributed by atoms with Gasteiger partial charge in [-0.2, -0.15) is 0 Å². The van der Waals surface area contributed by atoms with E-state index < -0.39 is 6.04 Å². The van der Waals surface area contributed by atoms with Crippen LogP contribution in [0.4, 0.5) is 5.13 Å². The van der Waals surface area contributed by atoms with Crippen molar-refractivity contribution in [2.75, 3.05) is 5.32 Å². The van der Waals surface area contributed by atoms with E-state index in [-0.39, 0.29) is 17.7 Å². The van der Waals surface area contributed by atoms with E-state index in [1.165, 1.54) is 17.7 Å². The molecule has 0 aromatic carbocycles. The Balaban J connectivity index is 2.08. The Morgan fingerprint density at radius 2 is 2.13 bits per heavy atom. The number of thiazole rings is 1. The van der Waals surface area contributed by atoms with Crippen LogP contribution in [0.5, 0.6) is 0 Å². The summed E-state index contributed by atoms with van der Waals surface area (Å²) in [4.78, 5) is 35.8. The summed E-state index contributed by atoms with van der Waals surface area (Å²) in [6, 6.07) is -0.632. The van der Waals surface area contributed by atoms with Gasteiger partial charge in [0, 0.05) is 17.3 Å². The largest absolute Gasteiger partial charge is 0.348 e. The first-order chi connectivity index (χ1) is 11.0. The quantitative estimate of drug-likeness (QED) is 0.722. The number of carbonyl (C=O) groups is 2. The van der Waals surface area contributed by atoms with Crippen LogP contribution < -0.4 is 10.6 Å². The minimum atomic E-state index is -0.632. The number of amides is 2. The Labute approximate surface area is 138 Å². The van der Waals surface area contributed by atoms with Crippen molar-refractivity contribution in [1.29, 1.82) is 0 Å². The summed E-state index contributed by atoms with van der Waals surface area (Å²) in [5, 5.41) is 7.81. The molecule has 2 rings (SSSR count). The summed E-state index contributed by atoms with van der Waals surface area (Å²) in [5.74, 6) is -0.356. The van der Waals surface area contributed by atoms with Crippen LogP contribution in [0.25, 0.3) is 0 Å². The van der Waals surface area contributed by atoms with Gasteiger partial charge in [0.1, 0.15) is 11.7 Å². The lowest BCUT2D eigenvalue weighted by molar-refractivity contribution is -0.118. The first kappa shape index (κ1) is 17.1. The normalized spacial score (nSPS) is 12.2. The number of rotatable bonds is 7. The van der Waals surface area contributed by atoms with Gasteiger partial charge in [0.15, 0.2) is 5.13 Å². The molecule has 0 aliphatic carbocycles. The first-order valence-electron chi connectivity index (χ1n) is 7.54. The molecular formula is C15H21N5O2S. The third-order valence-electron chi connectivity index (χ3n) is 3.28. The van der Waals surface area contributed by atoms with Gasteiger partial charge >= 0.3 is 0 Å². The van der Waals surface area contributed by atoms with Crippen molar-refractivity contribution in [3.8, 4) is 0 Å². The Hall–Kier alpha value is -2.22. The Morgan fingerprint density at radius 3 is 2.74 bits per heavy atom. The highest BCUT2D eigenvalue weighted by molar-refractivity contribution is 7.13. The lowest BCUT2D eigenvalue weighted by Gasteiger charge is -2.19. The van der Waals surface area contributed by atoms with Gasteiger partial charge in [-0.3, -0.25) is 9.59 Å². The van der Waals surface area contributed by atoms with Crippen molar-refractivity contribution >= 4 is 28.3 Å². The summed E-state index contributed by atoms with van der Waals surface area (Å²) in [6.45, 7) is 5.94. The number of hydrogen-bond acceptors (Lipinski definition) is 5. The molecule has 0 saturated carbocycles. The second kappa shape index (κ2) is 7.87. The summed E-state index contributed by atoms with van der Waals surface area (Å²) in [5.41, 5.74) is 1.09. The lowest BCUT2D eigenvalue weighted by Crippen LogP contribution is -2.45. The van der Waals surface area contributed by atoms with Gasteiger partial charge in [-0.05, 0) is 18.8 Å². The minimum absolute atomic E-state index is 0.257. The molecule has 23 heavy (non-hydrogen) atoms. The minimum Gasteiger partial charge on any atom is -0.348 e. The molecular weight excluding hydrogens is 314 g/mol. The standard InChI is InChI=1S/C15H21N5O2S/c1-4-10-12(18-8-17-10)14(22)19-11(7-9(2)3)13(21)20-15-16-5-6-23-15/h5-6,8-9,11H,4,7H2,1-3H3,(H,17,18)(H,19,22)(H,16,20,21). The van der Waals surface area contributed by atoms with E-state index in [9.17, 15) is 9.59 Å². The molecule has 8 heteroatoms. The summed E-state index contributed by atoms with van der Waals surface area (Å²) < 4.78 is 0. The second-order valence-electron chi connectivity index (χ2n) is 5.57. The second-order valence-corrected chi connectivity index (χ2v) is 6.46. The van der Waals surface area contributed by atoms with Crippen LogP contribution in [0.3, 0.4) is 0 Å². The highest BCUT2D eigenvalue weighted by Gasteiger charge is 2.25. The van der Waals surface area contributed by atoms with Crippen molar-refractivity contribution in [1.82, 2.24) is 20.3 Å². The van der Waals surface area contributed by atoms with Crippen LogP contribution in [0.1, 0.15) is 43.4 Å². The maximum atomic E-state index is 12.4. The van der Waals surface area contributed by atoms with E-state index in [4.69, 9.17) is 0 Å². The van der Waals surface area contributed by atoms with Gasteiger partial charge in [-0.25, -0.2) is 9.97 Å². The molecule has 0 aliphatic rings. The van der Waals surface area contributed by atoms with E-state index in [1.807, 2.05) is 20.8 Å². The van der Waals surface area contributed by atoms with Crippen molar-refractivity contribution in [2.45, 2.75) is 39.7 Å². The molecule has 0 aliphatic heterocycles. The molecule has 2 amide bonds. The van der Waals surface area contributed by atoms with Crippen molar-refractivity contribution in [3.63, 3.8) is 0 Å². The molecule has 0 spiro atoms. The van der Waals surface area contributed by atoms with Crippen molar-refractivity contribution in [3.05, 3.63) is 29.3 Å². The average molecular weight is 335 g/mol. The van der Waals surface area contributed by atoms with E-state index >= 15 is 0 Å². The highest BCUT2D eigenvalue weighted by Crippen LogP contribution is 2.13. The van der Waals surface area contributed by atoms with Crippen LogP contribution in [-0.2, 0) is 11.2 Å². The monoisotopic (exact) mass is 335 g/mol. The number of hydrogen-bond donors (Lipinski definition) is 3. The van der Waals surface area contributed by atoms with Gasteiger partial charge in [0.25, 0.3) is 5.91 Å². The number of aromatic amines is 1. The Kier molecular flexibility index (Phi) is 5.86. The van der Waals surface area contributed by atoms with Gasteiger partial charge in [0.05, 0.1) is 6.33 Å². The molecule has 124 valence electrons. The van der Waals surface area contributed by atoms with Crippen molar-refractivity contribution < 1.29 is 9.59 Å². The Bertz CT molecular complexity index is 651. The lowest BCUT2D eigenvalue weighted by atomic mass is 10.0. The zero-order chi connectivity index (χ0) is 16.8. The van der Waals surface area contributed by atoms with Crippen LogP contribution in [0, 0.1) is 5.92 Å². The molecule has 2 heterocycles. The third-order valence-corrected chi connectivity index (χ3v) is 3.97. The number of aryl methyl sites for hydroxylation is 1. The smallest absolute Gasteiger partial charge is 0.272 e. The maximum Gasteiger partial charge on any atom is 0.272 e. The molecule has 0 radical (unpaired) electrons. The summed E-state index contributed by atoms with van der Waals surface area (Å²) >= 11 is 1.34. The fourth-order valence-electron chi connectivity index (χ4n) is 2.19. The number of nitrogens with one attached hydrogen (secondary N) is 3. The average Bonchev–Trinajstić information content (AvgIpc) is 3.16. The highest BCUT2D eigenvalue weighted by atomic mass is 32.1. The van der Waals surface area contributed by atoms with E-state index in [0.29, 0.717) is 23.7 Å². The predicted molar refractivity (Wildman–Crippen MR) is 89.4 cm³/mol. The molecule has 0 bridgehead atoms. The van der Waals surface area contributed by atoms with Crippen LogP contribution in [0.2, 0.25) is 0 Å². The molecule has 2 aromatic rings. The number of anilines is 1. The topological polar surface area (TPSA) is 99.8 Å². The summed E-state index contributed by atoms with van der Waals surface area (Å²) in [6.07, 6.45) is 4.31. The predicted octanol–water partition coefficient (Wildman–Crippen LogP) is 2.21. The van der Waals surface area contributed by atoms with E-state index in [2.05, 4.69) is 25.6 Å².